The van der Waals surface area contributed by atoms with Gasteiger partial charge in [-0.05, 0) is 22.3 Å². The number of hydrogen-bond donors (Lipinski definition) is 0. The maximum Gasteiger partial charge on any atom is 2.00 e. The Morgan fingerprint density at radius 3 is 1.21 bits per heavy atom. The first-order valence-corrected chi connectivity index (χ1v) is 11.0. The summed E-state index contributed by atoms with van der Waals surface area (Å²) in [6.07, 6.45) is 0. The van der Waals surface area contributed by atoms with Crippen molar-refractivity contribution in [2.45, 2.75) is 5.54 Å². The molecule has 5 rings (SSSR count). The smallest absolute Gasteiger partial charge is 1.00 e. The molecule has 1 aliphatic rings. The monoisotopic (exact) mass is 508 g/mol. The van der Waals surface area contributed by atoms with Gasteiger partial charge in [0.05, 0.1) is 0 Å². The average molecular weight is 511 g/mol. The Morgan fingerprint density at radius 1 is 0.448 bits per heavy atom. The quantitative estimate of drug-likeness (QED) is 0.291. The molecule has 142 valence electrons. The first-order chi connectivity index (χ1) is 12.9. The van der Waals surface area contributed by atoms with Gasteiger partial charge in [0.15, 0.2) is 0 Å². The molecule has 0 nitrogen and oxygen atoms in total. The van der Waals surface area contributed by atoms with Crippen LogP contribution in [0.25, 0.3) is 11.1 Å². The fourth-order valence-electron chi connectivity index (χ4n) is 4.45. The van der Waals surface area contributed by atoms with Gasteiger partial charge in [0.2, 0.25) is 0 Å². The molecule has 0 amide bonds. The van der Waals surface area contributed by atoms with Crippen LogP contribution in [0.3, 0.4) is 0 Å². The van der Waals surface area contributed by atoms with Gasteiger partial charge in [-0.1, -0.05) is 120 Å². The van der Waals surface area contributed by atoms with Gasteiger partial charge in [0.25, 0.3) is 0 Å². The van der Waals surface area contributed by atoms with E-state index in [9.17, 15) is 0 Å². The molecule has 0 fully saturated rings. The van der Waals surface area contributed by atoms with Crippen molar-refractivity contribution in [1.29, 1.82) is 0 Å². The summed E-state index contributed by atoms with van der Waals surface area (Å²) >= 11 is 0. The van der Waals surface area contributed by atoms with Crippen LogP contribution in [0.5, 0.6) is 0 Å². The first-order valence-electron chi connectivity index (χ1n) is 9.21. The van der Waals surface area contributed by atoms with Crippen LogP contribution in [0.1, 0.15) is 16.7 Å². The van der Waals surface area contributed by atoms with E-state index in [-0.39, 0.29) is 51.0 Å². The largest absolute Gasteiger partial charge is 2.00 e. The van der Waals surface area contributed by atoms with E-state index < -0.39 is 8.80 Å². The summed E-state index contributed by atoms with van der Waals surface area (Å²) < 4.78 is 0. The molecule has 4 aromatic carbocycles. The van der Waals surface area contributed by atoms with Crippen molar-refractivity contribution in [3.05, 3.63) is 120 Å². The number of benzene rings is 4. The van der Waals surface area contributed by atoms with Gasteiger partial charge in [0.1, 0.15) is 8.80 Å². The van der Waals surface area contributed by atoms with Gasteiger partial charge in [-0.2, -0.15) is 0 Å². The van der Waals surface area contributed by atoms with Gasteiger partial charge >= 0.3 is 26.2 Å². The van der Waals surface area contributed by atoms with Crippen molar-refractivity contribution >= 4 is 19.2 Å². The van der Waals surface area contributed by atoms with Crippen LogP contribution in [0.4, 0.5) is 0 Å². The van der Waals surface area contributed by atoms with Crippen molar-refractivity contribution in [3.8, 4) is 11.1 Å². The van der Waals surface area contributed by atoms with E-state index in [4.69, 9.17) is 0 Å². The Kier molecular flexibility index (Phi) is 8.67. The fraction of sp³-hybridized carbons (Fsp3) is 0.0400. The van der Waals surface area contributed by atoms with Crippen molar-refractivity contribution < 1.29 is 51.0 Å². The molecule has 29 heavy (non-hydrogen) atoms. The van der Waals surface area contributed by atoms with E-state index in [1.165, 1.54) is 32.6 Å². The zero-order chi connectivity index (χ0) is 17.3. The molecule has 0 aromatic heterocycles. The average Bonchev–Trinajstić information content (AvgIpc) is 3.05. The summed E-state index contributed by atoms with van der Waals surface area (Å²) in [5.74, 6) is 0. The molecular formula is C25H20Cl2SiZr. The minimum atomic E-state index is -1.48. The van der Waals surface area contributed by atoms with E-state index >= 15 is 0 Å². The number of fused-ring (bicyclic) bond motifs is 3. The second-order valence-corrected chi connectivity index (χ2v) is 9.91. The van der Waals surface area contributed by atoms with Crippen LogP contribution in [-0.4, -0.2) is 8.80 Å². The first kappa shape index (κ1) is 23.8. The third-order valence-corrected chi connectivity index (χ3v) is 9.12. The van der Waals surface area contributed by atoms with Crippen LogP contribution in [0.15, 0.2) is 109 Å². The minimum absolute atomic E-state index is 0. The van der Waals surface area contributed by atoms with Crippen LogP contribution in [0.2, 0.25) is 0 Å². The zero-order valence-electron chi connectivity index (χ0n) is 15.8. The van der Waals surface area contributed by atoms with Gasteiger partial charge in [0, 0.05) is 5.54 Å². The molecule has 0 heterocycles. The van der Waals surface area contributed by atoms with Crippen LogP contribution in [0, 0.1) is 0 Å². The standard InChI is InChI=1S/C25H20Si.2ClH.Zr/c1-3-11-19(12-4-1)26(20-13-5-2-6-14-20)25-23-17-9-7-15-21(23)22-16-8-10-18-24(22)25;;;/h1-18,25-26H;2*1H;/q;;;+2/p-2. The van der Waals surface area contributed by atoms with Crippen molar-refractivity contribution in [2.75, 3.05) is 0 Å². The summed E-state index contributed by atoms with van der Waals surface area (Å²) in [5, 5.41) is 3.02. The van der Waals surface area contributed by atoms with E-state index in [0.29, 0.717) is 5.54 Å². The maximum atomic E-state index is 2.34. The molecule has 4 aromatic rings. The second-order valence-electron chi connectivity index (χ2n) is 6.95. The van der Waals surface area contributed by atoms with Gasteiger partial charge in [-0.25, -0.2) is 0 Å². The zero-order valence-corrected chi connectivity index (χ0v) is 20.9. The summed E-state index contributed by atoms with van der Waals surface area (Å²) in [7, 11) is -1.48. The molecule has 0 atom stereocenters. The molecule has 0 radical (unpaired) electrons. The third-order valence-electron chi connectivity index (χ3n) is 5.53. The molecule has 0 aliphatic heterocycles. The Morgan fingerprint density at radius 2 is 0.793 bits per heavy atom. The molecule has 1 aliphatic carbocycles. The third kappa shape index (κ3) is 4.37. The maximum absolute atomic E-state index is 2.34. The molecule has 0 unspecified atom stereocenters. The van der Waals surface area contributed by atoms with E-state index in [0.717, 1.165) is 0 Å². The topological polar surface area (TPSA) is 0 Å². The number of rotatable bonds is 3. The molecular weight excluding hydrogens is 490 g/mol. The summed E-state index contributed by atoms with van der Waals surface area (Å²) in [6, 6.07) is 40.3. The van der Waals surface area contributed by atoms with E-state index in [1.54, 1.807) is 0 Å². The number of halogens is 2. The van der Waals surface area contributed by atoms with Crippen molar-refractivity contribution in [3.63, 3.8) is 0 Å². The molecule has 0 N–H and O–H groups in total. The molecule has 4 heteroatoms. The summed E-state index contributed by atoms with van der Waals surface area (Å²) in [6.45, 7) is 0. The van der Waals surface area contributed by atoms with Crippen LogP contribution in [-0.2, 0) is 26.2 Å². The molecule has 0 bridgehead atoms. The Labute approximate surface area is 205 Å². The Balaban J connectivity index is 0.000001000. The Hall–Kier alpha value is -1.44. The predicted molar refractivity (Wildman–Crippen MR) is 113 cm³/mol. The van der Waals surface area contributed by atoms with Crippen LogP contribution >= 0.6 is 0 Å². The van der Waals surface area contributed by atoms with Crippen LogP contribution < -0.4 is 35.2 Å². The fourth-order valence-corrected chi connectivity index (χ4v) is 8.18. The SMILES string of the molecule is [Cl-].[Cl-].[Zr+2].c1ccc([SiH](c2ccccc2)C2c3ccccc3-c3ccccc32)cc1. The summed E-state index contributed by atoms with van der Waals surface area (Å²) in [5.41, 5.74) is 6.30. The number of hydrogen-bond acceptors (Lipinski definition) is 0. The van der Waals surface area contributed by atoms with Gasteiger partial charge in [-0.15, -0.1) is 0 Å². The summed E-state index contributed by atoms with van der Waals surface area (Å²) in [4.78, 5) is 0. The van der Waals surface area contributed by atoms with Gasteiger partial charge < -0.3 is 24.8 Å². The van der Waals surface area contributed by atoms with Crippen molar-refractivity contribution in [1.82, 2.24) is 0 Å². The normalized spacial score (nSPS) is 11.5. The van der Waals surface area contributed by atoms with Crippen molar-refractivity contribution in [2.24, 2.45) is 0 Å². The molecule has 0 spiro atoms. The molecule has 0 saturated carbocycles. The van der Waals surface area contributed by atoms with E-state index in [2.05, 4.69) is 109 Å². The van der Waals surface area contributed by atoms with E-state index in [1.807, 2.05) is 0 Å². The molecule has 0 saturated heterocycles. The Bertz CT molecular complexity index is 969. The minimum Gasteiger partial charge on any atom is -1.00 e. The second kappa shape index (κ2) is 10.5. The van der Waals surface area contributed by atoms with Gasteiger partial charge in [-0.3, -0.25) is 0 Å². The predicted octanol–water partition coefficient (Wildman–Crippen LogP) is -1.61.